The fourth-order valence-corrected chi connectivity index (χ4v) is 1.83. The minimum absolute atomic E-state index is 0.00926. The summed E-state index contributed by atoms with van der Waals surface area (Å²) >= 11 is 0. The number of benzene rings is 1. The molecule has 0 saturated heterocycles. The van der Waals surface area contributed by atoms with Crippen LogP contribution in [0.1, 0.15) is 5.89 Å². The zero-order valence-electron chi connectivity index (χ0n) is 10.7. The second-order valence-electron chi connectivity index (χ2n) is 4.26. The maximum absolute atomic E-state index is 11.8. The summed E-state index contributed by atoms with van der Waals surface area (Å²) in [5, 5.41) is 10.4. The molecule has 8 nitrogen and oxygen atoms in total. The van der Waals surface area contributed by atoms with Crippen molar-refractivity contribution >= 4 is 28.5 Å². The molecule has 0 atom stereocenters. The fraction of sp³-hybridized carbons (Fsp3) is 0.167. The highest BCUT2D eigenvalue weighted by molar-refractivity contribution is 5.92. The lowest BCUT2D eigenvalue weighted by molar-refractivity contribution is -0.117. The first-order chi connectivity index (χ1) is 9.60. The van der Waals surface area contributed by atoms with Gasteiger partial charge in [0.05, 0.1) is 6.20 Å². The van der Waals surface area contributed by atoms with E-state index in [0.717, 1.165) is 5.52 Å². The molecule has 0 aliphatic heterocycles. The molecular formula is C12H12N6O2. The van der Waals surface area contributed by atoms with Crippen molar-refractivity contribution in [1.29, 1.82) is 0 Å². The second-order valence-corrected chi connectivity index (χ2v) is 4.26. The van der Waals surface area contributed by atoms with Crippen LogP contribution in [0, 0.1) is 6.92 Å². The molecule has 0 radical (unpaired) electrons. The first kappa shape index (κ1) is 12.2. The minimum Gasteiger partial charge on any atom is -0.441 e. The third-order valence-corrected chi connectivity index (χ3v) is 2.62. The fourth-order valence-electron chi connectivity index (χ4n) is 1.83. The molecule has 2 heterocycles. The second kappa shape index (κ2) is 4.65. The standard InChI is InChI=1S/C12H12N6O2/c1-7-15-9-3-2-8(4-10(9)20-7)16-12(19)6-18-14-5-11(13)17-18/h2-5H,6H2,1H3,(H2,13,17)(H,16,19). The van der Waals surface area contributed by atoms with Crippen molar-refractivity contribution in [3.63, 3.8) is 0 Å². The highest BCUT2D eigenvalue weighted by Gasteiger charge is 2.08. The van der Waals surface area contributed by atoms with Crippen molar-refractivity contribution in [2.24, 2.45) is 0 Å². The van der Waals surface area contributed by atoms with Crippen LogP contribution in [0.15, 0.2) is 28.8 Å². The summed E-state index contributed by atoms with van der Waals surface area (Å²) < 4.78 is 5.40. The summed E-state index contributed by atoms with van der Waals surface area (Å²) in [7, 11) is 0. The number of nitrogens with zero attached hydrogens (tertiary/aromatic N) is 4. The van der Waals surface area contributed by atoms with E-state index in [1.54, 1.807) is 25.1 Å². The maximum Gasteiger partial charge on any atom is 0.247 e. The van der Waals surface area contributed by atoms with Gasteiger partial charge in [0.2, 0.25) is 5.91 Å². The predicted molar refractivity (Wildman–Crippen MR) is 71.8 cm³/mol. The van der Waals surface area contributed by atoms with Gasteiger partial charge < -0.3 is 15.5 Å². The van der Waals surface area contributed by atoms with Crippen molar-refractivity contribution < 1.29 is 9.21 Å². The Morgan fingerprint density at radius 1 is 1.50 bits per heavy atom. The van der Waals surface area contributed by atoms with Crippen LogP contribution in [-0.4, -0.2) is 25.9 Å². The van der Waals surface area contributed by atoms with E-state index >= 15 is 0 Å². The topological polar surface area (TPSA) is 112 Å². The quantitative estimate of drug-likeness (QED) is 0.734. The number of carbonyl (C=O) groups excluding carboxylic acids is 1. The number of aryl methyl sites for hydroxylation is 1. The number of nitrogens with one attached hydrogen (secondary N) is 1. The van der Waals surface area contributed by atoms with Gasteiger partial charge in [-0.15, -0.1) is 5.10 Å². The number of nitrogen functional groups attached to an aromatic ring is 1. The smallest absolute Gasteiger partial charge is 0.247 e. The Hall–Kier alpha value is -2.90. The van der Waals surface area contributed by atoms with Crippen LogP contribution >= 0.6 is 0 Å². The van der Waals surface area contributed by atoms with Crippen LogP contribution in [0.25, 0.3) is 11.1 Å². The highest BCUT2D eigenvalue weighted by Crippen LogP contribution is 2.19. The molecule has 20 heavy (non-hydrogen) atoms. The Balaban J connectivity index is 1.73. The van der Waals surface area contributed by atoms with E-state index < -0.39 is 0 Å². The number of amides is 1. The van der Waals surface area contributed by atoms with E-state index in [2.05, 4.69) is 20.5 Å². The monoisotopic (exact) mass is 272 g/mol. The van der Waals surface area contributed by atoms with Crippen molar-refractivity contribution in [1.82, 2.24) is 20.0 Å². The van der Waals surface area contributed by atoms with Crippen LogP contribution < -0.4 is 11.1 Å². The van der Waals surface area contributed by atoms with Gasteiger partial charge >= 0.3 is 0 Å². The zero-order valence-corrected chi connectivity index (χ0v) is 10.7. The average Bonchev–Trinajstić information content (AvgIpc) is 2.93. The van der Waals surface area contributed by atoms with Crippen molar-refractivity contribution in [3.05, 3.63) is 30.3 Å². The van der Waals surface area contributed by atoms with Crippen LogP contribution in [0.3, 0.4) is 0 Å². The van der Waals surface area contributed by atoms with Crippen LogP contribution in [0.2, 0.25) is 0 Å². The van der Waals surface area contributed by atoms with Gasteiger partial charge in [-0.25, -0.2) is 4.98 Å². The molecule has 2 aromatic heterocycles. The van der Waals surface area contributed by atoms with E-state index in [1.165, 1.54) is 11.0 Å². The number of hydrogen-bond acceptors (Lipinski definition) is 6. The molecule has 0 fully saturated rings. The lowest BCUT2D eigenvalue weighted by atomic mass is 10.3. The summed E-state index contributed by atoms with van der Waals surface area (Å²) in [5.41, 5.74) is 7.43. The summed E-state index contributed by atoms with van der Waals surface area (Å²) in [4.78, 5) is 17.2. The molecular weight excluding hydrogens is 260 g/mol. The number of rotatable bonds is 3. The lowest BCUT2D eigenvalue weighted by Gasteiger charge is -2.04. The molecule has 0 unspecified atom stereocenters. The Morgan fingerprint density at radius 2 is 2.35 bits per heavy atom. The normalized spacial score (nSPS) is 10.8. The number of anilines is 2. The number of carbonyl (C=O) groups is 1. The molecule has 3 aromatic rings. The van der Waals surface area contributed by atoms with Gasteiger partial charge in [0.25, 0.3) is 0 Å². The largest absolute Gasteiger partial charge is 0.441 e. The van der Waals surface area contributed by atoms with E-state index in [-0.39, 0.29) is 18.3 Å². The number of nitrogens with two attached hydrogens (primary N) is 1. The van der Waals surface area contributed by atoms with Gasteiger partial charge in [0, 0.05) is 18.7 Å². The third-order valence-electron chi connectivity index (χ3n) is 2.62. The van der Waals surface area contributed by atoms with E-state index in [4.69, 9.17) is 10.2 Å². The summed E-state index contributed by atoms with van der Waals surface area (Å²) in [6, 6.07) is 5.26. The molecule has 1 amide bonds. The van der Waals surface area contributed by atoms with E-state index in [9.17, 15) is 4.79 Å². The summed E-state index contributed by atoms with van der Waals surface area (Å²) in [5.74, 6) is 0.604. The SMILES string of the molecule is Cc1nc2ccc(NC(=O)Cn3ncc(N)n3)cc2o1. The van der Waals surface area contributed by atoms with Crippen LogP contribution in [0.4, 0.5) is 11.5 Å². The van der Waals surface area contributed by atoms with E-state index in [0.29, 0.717) is 17.2 Å². The third kappa shape index (κ3) is 2.44. The van der Waals surface area contributed by atoms with Gasteiger partial charge in [-0.05, 0) is 12.1 Å². The predicted octanol–water partition coefficient (Wildman–Crippen LogP) is 0.949. The highest BCUT2D eigenvalue weighted by atomic mass is 16.3. The first-order valence-corrected chi connectivity index (χ1v) is 5.93. The van der Waals surface area contributed by atoms with Gasteiger partial charge in [-0.2, -0.15) is 9.90 Å². The Bertz CT molecular complexity index is 775. The minimum atomic E-state index is -0.254. The van der Waals surface area contributed by atoms with Gasteiger partial charge in [-0.3, -0.25) is 4.79 Å². The molecule has 3 rings (SSSR count). The number of aromatic nitrogens is 4. The molecule has 0 bridgehead atoms. The van der Waals surface area contributed by atoms with Gasteiger partial charge in [-0.1, -0.05) is 0 Å². The Labute approximate surface area is 113 Å². The Morgan fingerprint density at radius 3 is 3.10 bits per heavy atom. The van der Waals surface area contributed by atoms with Gasteiger partial charge in [0.1, 0.15) is 12.1 Å². The van der Waals surface area contributed by atoms with Crippen molar-refractivity contribution in [3.8, 4) is 0 Å². The molecule has 0 aliphatic carbocycles. The molecule has 0 spiro atoms. The van der Waals surface area contributed by atoms with Gasteiger partial charge in [0.15, 0.2) is 17.3 Å². The molecule has 0 aliphatic rings. The van der Waals surface area contributed by atoms with Crippen molar-refractivity contribution in [2.75, 3.05) is 11.1 Å². The number of hydrogen-bond donors (Lipinski definition) is 2. The molecule has 0 saturated carbocycles. The van der Waals surface area contributed by atoms with Crippen molar-refractivity contribution in [2.45, 2.75) is 13.5 Å². The average molecular weight is 272 g/mol. The lowest BCUT2D eigenvalue weighted by Crippen LogP contribution is -2.20. The van der Waals surface area contributed by atoms with Crippen LogP contribution in [0.5, 0.6) is 0 Å². The van der Waals surface area contributed by atoms with Crippen LogP contribution in [-0.2, 0) is 11.3 Å². The summed E-state index contributed by atoms with van der Waals surface area (Å²) in [6.07, 6.45) is 1.39. The Kier molecular flexibility index (Phi) is 2.82. The molecule has 1 aromatic carbocycles. The number of fused-ring (bicyclic) bond motifs is 1. The molecule has 3 N–H and O–H groups in total. The maximum atomic E-state index is 11.8. The zero-order chi connectivity index (χ0) is 14.1. The molecule has 8 heteroatoms. The molecule has 102 valence electrons. The van der Waals surface area contributed by atoms with E-state index in [1.807, 2.05) is 0 Å². The summed E-state index contributed by atoms with van der Waals surface area (Å²) in [6.45, 7) is 1.76. The number of oxazole rings is 1. The first-order valence-electron chi connectivity index (χ1n) is 5.93.